The SMILES string of the molecule is N#Cc1cccc(NC(=O)c2cc3c(cc2Br)OCO3)c1F. The monoisotopic (exact) mass is 362 g/mol. The molecule has 0 atom stereocenters. The highest BCUT2D eigenvalue weighted by Gasteiger charge is 2.21. The lowest BCUT2D eigenvalue weighted by molar-refractivity contribution is 0.102. The Hall–Kier alpha value is -2.59. The fraction of sp³-hybridized carbons (Fsp3) is 0.0667. The van der Waals surface area contributed by atoms with Crippen LogP contribution in [0.3, 0.4) is 0 Å². The highest BCUT2D eigenvalue weighted by atomic mass is 79.9. The fourth-order valence-electron chi connectivity index (χ4n) is 2.00. The second-order valence-electron chi connectivity index (χ2n) is 4.42. The van der Waals surface area contributed by atoms with Crippen LogP contribution in [0.5, 0.6) is 11.5 Å². The molecule has 1 aliphatic heterocycles. The lowest BCUT2D eigenvalue weighted by Gasteiger charge is -2.09. The number of ether oxygens (including phenoxy) is 2. The molecular weight excluding hydrogens is 355 g/mol. The number of amides is 1. The highest BCUT2D eigenvalue weighted by molar-refractivity contribution is 9.10. The van der Waals surface area contributed by atoms with Crippen LogP contribution in [-0.2, 0) is 0 Å². The van der Waals surface area contributed by atoms with Crippen LogP contribution in [0.15, 0.2) is 34.8 Å². The minimum atomic E-state index is -0.768. The second-order valence-corrected chi connectivity index (χ2v) is 5.27. The van der Waals surface area contributed by atoms with Gasteiger partial charge in [-0.15, -0.1) is 0 Å². The van der Waals surface area contributed by atoms with E-state index < -0.39 is 11.7 Å². The van der Waals surface area contributed by atoms with Gasteiger partial charge in [-0.05, 0) is 40.2 Å². The summed E-state index contributed by atoms with van der Waals surface area (Å²) in [5.74, 6) is -0.324. The van der Waals surface area contributed by atoms with Crippen LogP contribution in [0.25, 0.3) is 0 Å². The summed E-state index contributed by atoms with van der Waals surface area (Å²) < 4.78 is 24.9. The molecule has 1 aliphatic rings. The third kappa shape index (κ3) is 2.49. The first-order chi connectivity index (χ1) is 10.6. The van der Waals surface area contributed by atoms with Crippen molar-refractivity contribution in [2.75, 3.05) is 12.1 Å². The summed E-state index contributed by atoms with van der Waals surface area (Å²) in [7, 11) is 0. The minimum absolute atomic E-state index is 0.0615. The molecule has 1 amide bonds. The van der Waals surface area contributed by atoms with Gasteiger partial charge in [0.1, 0.15) is 6.07 Å². The number of hydrogen-bond acceptors (Lipinski definition) is 4. The molecule has 22 heavy (non-hydrogen) atoms. The van der Waals surface area contributed by atoms with E-state index in [4.69, 9.17) is 14.7 Å². The molecule has 2 aromatic rings. The molecule has 1 heterocycles. The van der Waals surface area contributed by atoms with Gasteiger partial charge < -0.3 is 14.8 Å². The quantitative estimate of drug-likeness (QED) is 0.887. The number of nitrogens with one attached hydrogen (secondary N) is 1. The van der Waals surface area contributed by atoms with Gasteiger partial charge in [-0.2, -0.15) is 5.26 Å². The molecule has 7 heteroatoms. The van der Waals surface area contributed by atoms with Gasteiger partial charge in [-0.25, -0.2) is 4.39 Å². The highest BCUT2D eigenvalue weighted by Crippen LogP contribution is 2.37. The predicted octanol–water partition coefficient (Wildman–Crippen LogP) is 3.44. The number of carbonyl (C=O) groups is 1. The molecule has 5 nitrogen and oxygen atoms in total. The molecule has 0 saturated carbocycles. The number of benzene rings is 2. The second kappa shape index (κ2) is 5.66. The van der Waals surface area contributed by atoms with Crippen molar-refractivity contribution < 1.29 is 18.7 Å². The summed E-state index contributed by atoms with van der Waals surface area (Å²) in [6.45, 7) is 0.0890. The normalized spacial score (nSPS) is 11.9. The number of fused-ring (bicyclic) bond motifs is 1. The molecule has 0 fully saturated rings. The number of anilines is 1. The molecule has 0 radical (unpaired) electrons. The first kappa shape index (κ1) is 14.4. The van der Waals surface area contributed by atoms with Crippen LogP contribution in [0, 0.1) is 17.1 Å². The van der Waals surface area contributed by atoms with E-state index in [1.165, 1.54) is 24.3 Å². The van der Waals surface area contributed by atoms with Crippen LogP contribution in [0.4, 0.5) is 10.1 Å². The van der Waals surface area contributed by atoms with E-state index in [1.807, 2.05) is 0 Å². The molecule has 0 spiro atoms. The van der Waals surface area contributed by atoms with E-state index >= 15 is 0 Å². The molecule has 3 rings (SSSR count). The van der Waals surface area contributed by atoms with E-state index in [0.29, 0.717) is 16.0 Å². The number of rotatable bonds is 2. The maximum Gasteiger partial charge on any atom is 0.257 e. The summed E-state index contributed by atoms with van der Waals surface area (Å²) in [5, 5.41) is 11.2. The molecule has 1 N–H and O–H groups in total. The average molecular weight is 363 g/mol. The summed E-state index contributed by atoms with van der Waals surface area (Å²) in [6.07, 6.45) is 0. The van der Waals surface area contributed by atoms with E-state index in [9.17, 15) is 9.18 Å². The maximum absolute atomic E-state index is 14.0. The van der Waals surface area contributed by atoms with E-state index in [2.05, 4.69) is 21.2 Å². The maximum atomic E-state index is 14.0. The number of carbonyl (C=O) groups excluding carboxylic acids is 1. The Morgan fingerprint density at radius 2 is 2.05 bits per heavy atom. The molecule has 0 aliphatic carbocycles. The molecule has 110 valence electrons. The first-order valence-electron chi connectivity index (χ1n) is 6.19. The van der Waals surface area contributed by atoms with Crippen LogP contribution in [0.1, 0.15) is 15.9 Å². The number of nitriles is 1. The van der Waals surface area contributed by atoms with Crippen molar-refractivity contribution >= 4 is 27.5 Å². The third-order valence-electron chi connectivity index (χ3n) is 3.07. The molecule has 0 aromatic heterocycles. The van der Waals surface area contributed by atoms with Crippen LogP contribution in [-0.4, -0.2) is 12.7 Å². The van der Waals surface area contributed by atoms with E-state index in [-0.39, 0.29) is 23.6 Å². The smallest absolute Gasteiger partial charge is 0.257 e. The average Bonchev–Trinajstić information content (AvgIpc) is 2.95. The van der Waals surface area contributed by atoms with Gasteiger partial charge in [0.05, 0.1) is 16.8 Å². The minimum Gasteiger partial charge on any atom is -0.454 e. The van der Waals surface area contributed by atoms with Gasteiger partial charge in [0.15, 0.2) is 17.3 Å². The van der Waals surface area contributed by atoms with Crippen molar-refractivity contribution in [1.82, 2.24) is 0 Å². The Morgan fingerprint density at radius 1 is 1.32 bits per heavy atom. The van der Waals surface area contributed by atoms with Crippen LogP contribution < -0.4 is 14.8 Å². The Morgan fingerprint density at radius 3 is 2.77 bits per heavy atom. The Kier molecular flexibility index (Phi) is 3.69. The van der Waals surface area contributed by atoms with Crippen molar-refractivity contribution in [3.63, 3.8) is 0 Å². The topological polar surface area (TPSA) is 71.4 Å². The molecule has 2 aromatic carbocycles. The zero-order chi connectivity index (χ0) is 15.7. The summed E-state index contributed by atoms with van der Waals surface area (Å²) in [6, 6.07) is 9.05. The van der Waals surface area contributed by atoms with Crippen molar-refractivity contribution in [1.29, 1.82) is 5.26 Å². The number of nitrogens with zero attached hydrogens (tertiary/aromatic N) is 1. The van der Waals surface area contributed by atoms with E-state index in [1.54, 1.807) is 12.1 Å². The summed E-state index contributed by atoms with van der Waals surface area (Å²) in [4.78, 5) is 12.3. The van der Waals surface area contributed by atoms with Gasteiger partial charge in [-0.3, -0.25) is 4.79 Å². The Balaban J connectivity index is 1.92. The Bertz CT molecular complexity index is 817. The standard InChI is InChI=1S/C15H8BrFN2O3/c16-10-5-13-12(21-7-22-13)4-9(10)15(20)19-11-3-1-2-8(6-18)14(11)17/h1-5H,7H2,(H,19,20). The zero-order valence-electron chi connectivity index (χ0n) is 11.0. The Labute approximate surface area is 133 Å². The van der Waals surface area contributed by atoms with Crippen LogP contribution in [0.2, 0.25) is 0 Å². The lowest BCUT2D eigenvalue weighted by atomic mass is 10.1. The number of halogens is 2. The van der Waals surface area contributed by atoms with Gasteiger partial charge in [0, 0.05) is 4.47 Å². The number of hydrogen-bond donors (Lipinski definition) is 1. The van der Waals surface area contributed by atoms with Gasteiger partial charge in [0.2, 0.25) is 6.79 Å². The van der Waals surface area contributed by atoms with Crippen molar-refractivity contribution in [3.8, 4) is 17.6 Å². The molecule has 0 saturated heterocycles. The van der Waals surface area contributed by atoms with E-state index in [0.717, 1.165) is 0 Å². The predicted molar refractivity (Wildman–Crippen MR) is 79.3 cm³/mol. The van der Waals surface area contributed by atoms with Crippen molar-refractivity contribution in [3.05, 3.63) is 51.7 Å². The van der Waals surface area contributed by atoms with Gasteiger partial charge >= 0.3 is 0 Å². The molecule has 0 bridgehead atoms. The summed E-state index contributed by atoms with van der Waals surface area (Å²) in [5.41, 5.74) is 0.0715. The largest absolute Gasteiger partial charge is 0.454 e. The van der Waals surface area contributed by atoms with Gasteiger partial charge in [-0.1, -0.05) is 6.07 Å². The molecule has 0 unspecified atom stereocenters. The molecular formula is C15H8BrFN2O3. The summed E-state index contributed by atoms with van der Waals surface area (Å²) >= 11 is 3.27. The van der Waals surface area contributed by atoms with Crippen molar-refractivity contribution in [2.24, 2.45) is 0 Å². The third-order valence-corrected chi connectivity index (χ3v) is 3.73. The fourth-order valence-corrected chi connectivity index (χ4v) is 2.50. The first-order valence-corrected chi connectivity index (χ1v) is 6.98. The lowest BCUT2D eigenvalue weighted by Crippen LogP contribution is -2.14. The van der Waals surface area contributed by atoms with Crippen LogP contribution >= 0.6 is 15.9 Å². The zero-order valence-corrected chi connectivity index (χ0v) is 12.6. The van der Waals surface area contributed by atoms with Crippen molar-refractivity contribution in [2.45, 2.75) is 0 Å². The van der Waals surface area contributed by atoms with Gasteiger partial charge in [0.25, 0.3) is 5.91 Å².